The summed E-state index contributed by atoms with van der Waals surface area (Å²) in [7, 11) is 1.61. The standard InChI is InChI=1S/C29H29N3O5S/c1-4-19-8-6-7-9-22(19)30-27(33)26(5-2)38-29-31-23-15-25-24(36-17-37-25)14-21(23)28(34)32(29)16-18-10-12-20(35-3)13-11-18/h6-15,26H,4-5,16-17H2,1-3H3,(H,30,33). The van der Waals surface area contributed by atoms with E-state index in [1.807, 2.05) is 55.5 Å². The van der Waals surface area contributed by atoms with Crippen LogP contribution >= 0.6 is 11.8 Å². The third-order valence-corrected chi connectivity index (χ3v) is 7.83. The van der Waals surface area contributed by atoms with Crippen LogP contribution in [-0.4, -0.2) is 34.6 Å². The minimum atomic E-state index is -0.458. The van der Waals surface area contributed by atoms with Crippen LogP contribution in [0.25, 0.3) is 10.9 Å². The van der Waals surface area contributed by atoms with Crippen molar-refractivity contribution in [2.75, 3.05) is 19.2 Å². The van der Waals surface area contributed by atoms with Crippen LogP contribution in [0.15, 0.2) is 70.6 Å². The normalized spacial score (nSPS) is 12.9. The number of nitrogens with one attached hydrogen (secondary N) is 1. The Bertz CT molecular complexity index is 1530. The van der Waals surface area contributed by atoms with Crippen molar-refractivity contribution in [1.29, 1.82) is 0 Å². The first-order valence-electron chi connectivity index (χ1n) is 12.5. The third-order valence-electron chi connectivity index (χ3n) is 6.48. The average Bonchev–Trinajstić information content (AvgIpc) is 3.40. The summed E-state index contributed by atoms with van der Waals surface area (Å²) in [6.45, 7) is 4.40. The summed E-state index contributed by atoms with van der Waals surface area (Å²) in [4.78, 5) is 32.0. The lowest BCUT2D eigenvalue weighted by atomic mass is 10.1. The number of para-hydroxylation sites is 1. The molecule has 1 aromatic heterocycles. The van der Waals surface area contributed by atoms with Crippen molar-refractivity contribution in [3.63, 3.8) is 0 Å². The summed E-state index contributed by atoms with van der Waals surface area (Å²) in [5.74, 6) is 1.67. The Morgan fingerprint density at radius 1 is 1.11 bits per heavy atom. The molecule has 1 atom stereocenters. The van der Waals surface area contributed by atoms with Crippen LogP contribution in [0.3, 0.4) is 0 Å². The number of nitrogens with zero attached hydrogens (tertiary/aromatic N) is 2. The maximum Gasteiger partial charge on any atom is 0.262 e. The molecule has 5 rings (SSSR count). The molecule has 8 nitrogen and oxygen atoms in total. The first-order chi connectivity index (χ1) is 18.5. The zero-order valence-corrected chi connectivity index (χ0v) is 22.3. The number of hydrogen-bond acceptors (Lipinski definition) is 7. The van der Waals surface area contributed by atoms with Gasteiger partial charge in [0.25, 0.3) is 5.56 Å². The lowest BCUT2D eigenvalue weighted by molar-refractivity contribution is -0.115. The highest BCUT2D eigenvalue weighted by atomic mass is 32.2. The van der Waals surface area contributed by atoms with Gasteiger partial charge in [-0.25, -0.2) is 4.98 Å². The van der Waals surface area contributed by atoms with Gasteiger partial charge in [0.2, 0.25) is 12.7 Å². The molecule has 2 heterocycles. The van der Waals surface area contributed by atoms with E-state index in [1.165, 1.54) is 11.8 Å². The molecule has 1 N–H and O–H groups in total. The monoisotopic (exact) mass is 531 g/mol. The molecule has 0 bridgehead atoms. The second kappa shape index (κ2) is 11.2. The van der Waals surface area contributed by atoms with Crippen molar-refractivity contribution in [2.24, 2.45) is 0 Å². The molecule has 0 spiro atoms. The van der Waals surface area contributed by atoms with Gasteiger partial charge in [0.1, 0.15) is 5.75 Å². The molecular weight excluding hydrogens is 502 g/mol. The van der Waals surface area contributed by atoms with Gasteiger partial charge in [-0.05, 0) is 48.2 Å². The van der Waals surface area contributed by atoms with Gasteiger partial charge >= 0.3 is 0 Å². The van der Waals surface area contributed by atoms with Crippen LogP contribution in [-0.2, 0) is 17.8 Å². The SMILES string of the molecule is CCc1ccccc1NC(=O)C(CC)Sc1nc2cc3c(cc2c(=O)n1Cc1ccc(OC)cc1)OCO3. The molecule has 0 saturated heterocycles. The molecule has 0 fully saturated rings. The largest absolute Gasteiger partial charge is 0.497 e. The van der Waals surface area contributed by atoms with Crippen molar-refractivity contribution >= 4 is 34.3 Å². The van der Waals surface area contributed by atoms with Crippen LogP contribution in [0.2, 0.25) is 0 Å². The van der Waals surface area contributed by atoms with E-state index in [-0.39, 0.29) is 18.3 Å². The molecule has 0 radical (unpaired) electrons. The number of hydrogen-bond donors (Lipinski definition) is 1. The fourth-order valence-electron chi connectivity index (χ4n) is 4.35. The summed E-state index contributed by atoms with van der Waals surface area (Å²) >= 11 is 1.29. The van der Waals surface area contributed by atoms with E-state index < -0.39 is 5.25 Å². The van der Waals surface area contributed by atoms with Crippen LogP contribution in [0.5, 0.6) is 17.2 Å². The Morgan fingerprint density at radius 3 is 2.55 bits per heavy atom. The quantitative estimate of drug-likeness (QED) is 0.233. The third kappa shape index (κ3) is 5.19. The molecular formula is C29H29N3O5S. The fourth-order valence-corrected chi connectivity index (χ4v) is 5.36. The minimum Gasteiger partial charge on any atom is -0.497 e. The molecule has 1 aliphatic heterocycles. The number of carbonyl (C=O) groups is 1. The lowest BCUT2D eigenvalue weighted by Gasteiger charge is -2.19. The summed E-state index contributed by atoms with van der Waals surface area (Å²) < 4.78 is 17.9. The maximum absolute atomic E-state index is 13.8. The van der Waals surface area contributed by atoms with Gasteiger partial charge in [-0.2, -0.15) is 0 Å². The number of carbonyl (C=O) groups excluding carboxylic acids is 1. The Hall–Kier alpha value is -3.98. The van der Waals surface area contributed by atoms with Crippen molar-refractivity contribution in [3.05, 3.63) is 82.1 Å². The van der Waals surface area contributed by atoms with Crippen molar-refractivity contribution in [3.8, 4) is 17.2 Å². The predicted octanol–water partition coefficient (Wildman–Crippen LogP) is 5.25. The maximum atomic E-state index is 13.8. The van der Waals surface area contributed by atoms with Gasteiger partial charge in [-0.1, -0.05) is 55.9 Å². The second-order valence-corrected chi connectivity index (χ2v) is 10.0. The molecule has 0 aliphatic carbocycles. The van der Waals surface area contributed by atoms with E-state index in [1.54, 1.807) is 23.8 Å². The molecule has 196 valence electrons. The van der Waals surface area contributed by atoms with E-state index in [9.17, 15) is 9.59 Å². The number of benzene rings is 3. The van der Waals surface area contributed by atoms with Gasteiger partial charge < -0.3 is 19.5 Å². The molecule has 9 heteroatoms. The van der Waals surface area contributed by atoms with Gasteiger partial charge in [0.15, 0.2) is 16.7 Å². The number of aryl methyl sites for hydroxylation is 1. The highest BCUT2D eigenvalue weighted by Crippen LogP contribution is 2.36. The zero-order chi connectivity index (χ0) is 26.6. The Kier molecular flexibility index (Phi) is 7.55. The molecule has 1 unspecified atom stereocenters. The number of methoxy groups -OCH3 is 1. The first kappa shape index (κ1) is 25.7. The molecule has 38 heavy (non-hydrogen) atoms. The Balaban J connectivity index is 1.53. The van der Waals surface area contributed by atoms with Crippen LogP contribution in [0, 0.1) is 0 Å². The number of thioether (sulfide) groups is 1. The van der Waals surface area contributed by atoms with Crippen molar-refractivity contribution in [1.82, 2.24) is 9.55 Å². The van der Waals surface area contributed by atoms with Gasteiger partial charge in [-0.3, -0.25) is 14.2 Å². The number of amides is 1. The number of fused-ring (bicyclic) bond motifs is 2. The Labute approximate surface area is 224 Å². The van der Waals surface area contributed by atoms with Crippen LogP contribution in [0.4, 0.5) is 5.69 Å². The van der Waals surface area contributed by atoms with Gasteiger partial charge in [0, 0.05) is 11.8 Å². The highest BCUT2D eigenvalue weighted by Gasteiger charge is 2.24. The summed E-state index contributed by atoms with van der Waals surface area (Å²) in [6.07, 6.45) is 1.37. The summed E-state index contributed by atoms with van der Waals surface area (Å²) in [5.41, 5.74) is 3.06. The lowest BCUT2D eigenvalue weighted by Crippen LogP contribution is -2.28. The predicted molar refractivity (Wildman–Crippen MR) is 149 cm³/mol. The highest BCUT2D eigenvalue weighted by molar-refractivity contribution is 8.00. The first-order valence-corrected chi connectivity index (χ1v) is 13.4. The summed E-state index contributed by atoms with van der Waals surface area (Å²) in [5, 5.41) is 3.51. The van der Waals surface area contributed by atoms with E-state index in [0.29, 0.717) is 40.5 Å². The van der Waals surface area contributed by atoms with Crippen molar-refractivity contribution < 1.29 is 19.0 Å². The van der Waals surface area contributed by atoms with Gasteiger partial charge in [0.05, 0.1) is 29.8 Å². The second-order valence-electron chi connectivity index (χ2n) is 8.87. The molecule has 1 amide bonds. The molecule has 1 aliphatic rings. The number of ether oxygens (including phenoxy) is 3. The number of aromatic nitrogens is 2. The molecule has 4 aromatic rings. The zero-order valence-electron chi connectivity index (χ0n) is 21.5. The van der Waals surface area contributed by atoms with Crippen LogP contribution in [0.1, 0.15) is 31.4 Å². The smallest absolute Gasteiger partial charge is 0.262 e. The number of anilines is 1. The molecule has 3 aromatic carbocycles. The van der Waals surface area contributed by atoms with Crippen LogP contribution < -0.4 is 25.1 Å². The molecule has 0 saturated carbocycles. The topological polar surface area (TPSA) is 91.7 Å². The van der Waals surface area contributed by atoms with Crippen molar-refractivity contribution in [2.45, 2.75) is 43.6 Å². The van der Waals surface area contributed by atoms with Gasteiger partial charge in [-0.15, -0.1) is 0 Å². The minimum absolute atomic E-state index is 0.102. The fraction of sp³-hybridized carbons (Fsp3) is 0.276. The number of rotatable bonds is 9. The average molecular weight is 532 g/mol. The Morgan fingerprint density at radius 2 is 1.84 bits per heavy atom. The summed E-state index contributed by atoms with van der Waals surface area (Å²) in [6, 6.07) is 18.7. The van der Waals surface area contributed by atoms with E-state index in [2.05, 4.69) is 12.2 Å². The van der Waals surface area contributed by atoms with E-state index >= 15 is 0 Å². The van der Waals surface area contributed by atoms with E-state index in [0.717, 1.165) is 29.0 Å². The van der Waals surface area contributed by atoms with E-state index in [4.69, 9.17) is 19.2 Å².